The Morgan fingerprint density at radius 3 is 2.92 bits per heavy atom. The summed E-state index contributed by atoms with van der Waals surface area (Å²) in [5, 5.41) is 23.2. The lowest BCUT2D eigenvalue weighted by Gasteiger charge is -2.07. The predicted molar refractivity (Wildman–Crippen MR) is 96.0 cm³/mol. The van der Waals surface area contributed by atoms with Crippen molar-refractivity contribution < 1.29 is 4.42 Å². The van der Waals surface area contributed by atoms with Crippen LogP contribution in [0.2, 0.25) is 5.02 Å². The number of aromatic nitrogens is 6. The molecular formula is C15H11ClN6OS2. The van der Waals surface area contributed by atoms with E-state index in [4.69, 9.17) is 16.0 Å². The van der Waals surface area contributed by atoms with Gasteiger partial charge in [-0.3, -0.25) is 0 Å². The van der Waals surface area contributed by atoms with E-state index in [0.717, 1.165) is 10.6 Å². The van der Waals surface area contributed by atoms with Gasteiger partial charge < -0.3 is 4.42 Å². The second-order valence-electron chi connectivity index (χ2n) is 5.04. The van der Waals surface area contributed by atoms with Crippen molar-refractivity contribution in [1.82, 2.24) is 30.4 Å². The molecule has 0 N–H and O–H groups in total. The minimum absolute atomic E-state index is 0.106. The van der Waals surface area contributed by atoms with E-state index in [2.05, 4.69) is 25.7 Å². The molecule has 7 nitrogen and oxygen atoms in total. The monoisotopic (exact) mass is 390 g/mol. The number of hydrogen-bond donors (Lipinski definition) is 0. The molecule has 3 aromatic heterocycles. The Hall–Kier alpha value is -2.23. The van der Waals surface area contributed by atoms with Crippen LogP contribution in [0.1, 0.15) is 18.1 Å². The Kier molecular flexibility index (Phi) is 4.51. The smallest absolute Gasteiger partial charge is 0.257 e. The highest BCUT2D eigenvalue weighted by molar-refractivity contribution is 7.99. The average molecular weight is 391 g/mol. The molecule has 1 aromatic carbocycles. The third-order valence-electron chi connectivity index (χ3n) is 3.30. The fourth-order valence-electron chi connectivity index (χ4n) is 2.13. The van der Waals surface area contributed by atoms with Crippen LogP contribution in [0.15, 0.2) is 51.4 Å². The topological polar surface area (TPSA) is 82.5 Å². The first-order valence-electron chi connectivity index (χ1n) is 7.29. The fraction of sp³-hybridized carbons (Fsp3) is 0.133. The Bertz CT molecular complexity index is 984. The van der Waals surface area contributed by atoms with Gasteiger partial charge >= 0.3 is 0 Å². The maximum Gasteiger partial charge on any atom is 0.257 e. The standard InChI is InChI=1S/C15H11ClN6OS2/c1-9(13-17-18-14(23-13)12-6-3-7-24-12)25-15-19-20-21-22(15)11-5-2-4-10(16)8-11/h2-9H,1H3/t9-/m0/s1. The zero-order chi connectivity index (χ0) is 17.2. The summed E-state index contributed by atoms with van der Waals surface area (Å²) >= 11 is 9.03. The lowest BCUT2D eigenvalue weighted by atomic mass is 10.3. The van der Waals surface area contributed by atoms with Gasteiger partial charge in [-0.25, -0.2) is 0 Å². The third-order valence-corrected chi connectivity index (χ3v) is 5.41. The zero-order valence-electron chi connectivity index (χ0n) is 12.9. The summed E-state index contributed by atoms with van der Waals surface area (Å²) in [6, 6.07) is 11.2. The number of hydrogen-bond acceptors (Lipinski definition) is 8. The molecule has 0 aliphatic heterocycles. The summed E-state index contributed by atoms with van der Waals surface area (Å²) in [6.07, 6.45) is 0. The summed E-state index contributed by atoms with van der Waals surface area (Å²) in [6.45, 7) is 1.97. The van der Waals surface area contributed by atoms with E-state index in [0.29, 0.717) is 22.0 Å². The molecule has 4 rings (SSSR count). The normalized spacial score (nSPS) is 12.4. The van der Waals surface area contributed by atoms with Crippen LogP contribution in [0.4, 0.5) is 0 Å². The van der Waals surface area contributed by atoms with Gasteiger partial charge in [0.25, 0.3) is 5.89 Å². The van der Waals surface area contributed by atoms with Gasteiger partial charge in [-0.2, -0.15) is 4.68 Å². The van der Waals surface area contributed by atoms with Crippen molar-refractivity contribution in [1.29, 1.82) is 0 Å². The van der Waals surface area contributed by atoms with Gasteiger partial charge in [0.05, 0.1) is 15.8 Å². The van der Waals surface area contributed by atoms with Gasteiger partial charge in [0.1, 0.15) is 0 Å². The summed E-state index contributed by atoms with van der Waals surface area (Å²) in [5.74, 6) is 1.04. The van der Waals surface area contributed by atoms with E-state index in [1.807, 2.05) is 36.6 Å². The first kappa shape index (κ1) is 16.2. The molecule has 3 heterocycles. The number of tetrazole rings is 1. The van der Waals surface area contributed by atoms with Crippen LogP contribution < -0.4 is 0 Å². The Labute approximate surface area is 156 Å². The predicted octanol–water partition coefficient (Wildman–Crippen LogP) is 4.28. The van der Waals surface area contributed by atoms with E-state index in [9.17, 15) is 0 Å². The molecule has 0 saturated heterocycles. The van der Waals surface area contributed by atoms with E-state index in [1.165, 1.54) is 11.8 Å². The van der Waals surface area contributed by atoms with Crippen LogP contribution in [0, 0.1) is 0 Å². The number of thioether (sulfide) groups is 1. The van der Waals surface area contributed by atoms with Crippen molar-refractivity contribution in [3.05, 3.63) is 52.7 Å². The molecule has 10 heteroatoms. The number of benzene rings is 1. The lowest BCUT2D eigenvalue weighted by Crippen LogP contribution is -2.00. The van der Waals surface area contributed by atoms with Gasteiger partial charge in [-0.05, 0) is 47.0 Å². The largest absolute Gasteiger partial charge is 0.419 e. The van der Waals surface area contributed by atoms with Crippen LogP contribution in [-0.2, 0) is 0 Å². The lowest BCUT2D eigenvalue weighted by molar-refractivity contribution is 0.510. The van der Waals surface area contributed by atoms with Crippen LogP contribution in [-0.4, -0.2) is 30.4 Å². The molecule has 0 amide bonds. The van der Waals surface area contributed by atoms with E-state index < -0.39 is 0 Å². The third kappa shape index (κ3) is 3.44. The van der Waals surface area contributed by atoms with Gasteiger partial charge in [0.15, 0.2) is 0 Å². The highest BCUT2D eigenvalue weighted by atomic mass is 35.5. The van der Waals surface area contributed by atoms with Crippen molar-refractivity contribution in [2.75, 3.05) is 0 Å². The molecule has 0 fully saturated rings. The van der Waals surface area contributed by atoms with Crippen molar-refractivity contribution in [3.8, 4) is 16.5 Å². The van der Waals surface area contributed by atoms with Gasteiger partial charge in [0, 0.05) is 5.02 Å². The van der Waals surface area contributed by atoms with Crippen LogP contribution in [0.25, 0.3) is 16.5 Å². The molecular weight excluding hydrogens is 380 g/mol. The molecule has 0 radical (unpaired) electrons. The summed E-state index contributed by atoms with van der Waals surface area (Å²) in [7, 11) is 0. The molecule has 0 aliphatic carbocycles. The van der Waals surface area contributed by atoms with Gasteiger partial charge in [-0.15, -0.1) is 26.6 Å². The minimum atomic E-state index is -0.106. The summed E-state index contributed by atoms with van der Waals surface area (Å²) < 4.78 is 7.40. The maximum atomic E-state index is 6.05. The van der Waals surface area contributed by atoms with Crippen LogP contribution in [0.5, 0.6) is 0 Å². The summed E-state index contributed by atoms with van der Waals surface area (Å²) in [5.41, 5.74) is 0.789. The maximum absolute atomic E-state index is 6.05. The van der Waals surface area contributed by atoms with E-state index in [-0.39, 0.29) is 5.25 Å². The van der Waals surface area contributed by atoms with Gasteiger partial charge in [0.2, 0.25) is 11.0 Å². The second kappa shape index (κ2) is 6.95. The molecule has 126 valence electrons. The zero-order valence-corrected chi connectivity index (χ0v) is 15.3. The van der Waals surface area contributed by atoms with Crippen molar-refractivity contribution in [2.24, 2.45) is 0 Å². The van der Waals surface area contributed by atoms with E-state index >= 15 is 0 Å². The highest BCUT2D eigenvalue weighted by Gasteiger charge is 2.20. The number of thiophene rings is 1. The molecule has 25 heavy (non-hydrogen) atoms. The SMILES string of the molecule is C[C@H](Sc1nnnn1-c1cccc(Cl)c1)c1nnc(-c2cccs2)o1. The number of rotatable bonds is 5. The molecule has 0 unspecified atom stereocenters. The molecule has 0 aliphatic rings. The number of halogens is 1. The van der Waals surface area contributed by atoms with Gasteiger partial charge in [-0.1, -0.05) is 35.5 Å². The minimum Gasteiger partial charge on any atom is -0.419 e. The van der Waals surface area contributed by atoms with Crippen molar-refractivity contribution >= 4 is 34.7 Å². The van der Waals surface area contributed by atoms with Crippen molar-refractivity contribution in [2.45, 2.75) is 17.3 Å². The molecule has 1 atom stereocenters. The van der Waals surface area contributed by atoms with Crippen LogP contribution in [0.3, 0.4) is 0 Å². The first-order chi connectivity index (χ1) is 12.2. The molecule has 0 spiro atoms. The highest BCUT2D eigenvalue weighted by Crippen LogP contribution is 2.35. The summed E-state index contributed by atoms with van der Waals surface area (Å²) in [4.78, 5) is 0.944. The number of nitrogens with zero attached hydrogens (tertiary/aromatic N) is 6. The fourth-order valence-corrected chi connectivity index (χ4v) is 3.80. The molecule has 0 bridgehead atoms. The first-order valence-corrected chi connectivity index (χ1v) is 9.42. The Balaban J connectivity index is 1.56. The quantitative estimate of drug-likeness (QED) is 0.470. The Morgan fingerprint density at radius 1 is 1.20 bits per heavy atom. The van der Waals surface area contributed by atoms with E-state index in [1.54, 1.807) is 28.2 Å². The van der Waals surface area contributed by atoms with Crippen molar-refractivity contribution in [3.63, 3.8) is 0 Å². The Morgan fingerprint density at radius 2 is 2.12 bits per heavy atom. The second-order valence-corrected chi connectivity index (χ2v) is 7.73. The van der Waals surface area contributed by atoms with Crippen LogP contribution >= 0.6 is 34.7 Å². The molecule has 4 aromatic rings. The molecule has 0 saturated carbocycles. The average Bonchev–Trinajstić information content (AvgIpc) is 3.35.